The molecule has 0 atom stereocenters. The number of aromatic nitrogens is 6. The van der Waals surface area contributed by atoms with Crippen molar-refractivity contribution >= 4 is 22.6 Å². The Labute approximate surface area is 150 Å². The lowest BCUT2D eigenvalue weighted by Gasteiger charge is -2.32. The molecule has 5 rings (SSSR count). The van der Waals surface area contributed by atoms with Gasteiger partial charge in [0.25, 0.3) is 0 Å². The van der Waals surface area contributed by atoms with Gasteiger partial charge in [-0.25, -0.2) is 19.5 Å². The molecule has 4 aromatic heterocycles. The van der Waals surface area contributed by atoms with Gasteiger partial charge in [0.05, 0.1) is 17.4 Å². The highest BCUT2D eigenvalue weighted by atomic mass is 15.3. The molecule has 0 amide bonds. The van der Waals surface area contributed by atoms with Gasteiger partial charge in [0, 0.05) is 30.9 Å². The zero-order chi connectivity index (χ0) is 17.8. The molecule has 1 saturated carbocycles. The molecule has 1 aliphatic carbocycles. The van der Waals surface area contributed by atoms with Crippen LogP contribution >= 0.6 is 0 Å². The average molecular weight is 348 g/mol. The summed E-state index contributed by atoms with van der Waals surface area (Å²) in [6, 6.07) is 6.68. The van der Waals surface area contributed by atoms with E-state index in [4.69, 9.17) is 10.7 Å². The van der Waals surface area contributed by atoms with Crippen LogP contribution in [0.3, 0.4) is 0 Å². The number of hydrogen-bond acceptors (Lipinski definition) is 6. The number of anilines is 1. The highest BCUT2D eigenvalue weighted by Gasteiger charge is 2.26. The number of nitrogens with two attached hydrogens (primary N) is 1. The lowest BCUT2D eigenvalue weighted by atomic mass is 9.88. The van der Waals surface area contributed by atoms with Gasteiger partial charge >= 0.3 is 0 Å². The van der Waals surface area contributed by atoms with E-state index in [1.807, 2.05) is 53.6 Å². The molecule has 8 heteroatoms. The summed E-state index contributed by atoms with van der Waals surface area (Å²) in [4.78, 5) is 13.8. The minimum absolute atomic E-state index is 0.297. The zero-order valence-corrected chi connectivity index (χ0v) is 14.7. The Morgan fingerprint density at radius 3 is 2.85 bits per heavy atom. The Morgan fingerprint density at radius 1 is 1.19 bits per heavy atom. The van der Waals surface area contributed by atoms with E-state index in [1.54, 1.807) is 0 Å². The van der Waals surface area contributed by atoms with Crippen molar-refractivity contribution < 1.29 is 0 Å². The van der Waals surface area contributed by atoms with Gasteiger partial charge in [-0.05, 0) is 38.0 Å². The molecular weight excluding hydrogens is 328 g/mol. The molecule has 0 unspecified atom stereocenters. The Hall–Kier alpha value is -3.00. The van der Waals surface area contributed by atoms with Gasteiger partial charge in [-0.1, -0.05) is 0 Å². The van der Waals surface area contributed by atoms with E-state index in [0.717, 1.165) is 46.6 Å². The first-order chi connectivity index (χ1) is 12.6. The van der Waals surface area contributed by atoms with Gasteiger partial charge in [0.1, 0.15) is 11.3 Å². The summed E-state index contributed by atoms with van der Waals surface area (Å²) in [5.74, 6) is 1.57. The predicted molar refractivity (Wildman–Crippen MR) is 99.8 cm³/mol. The van der Waals surface area contributed by atoms with Crippen molar-refractivity contribution in [2.45, 2.75) is 31.8 Å². The van der Waals surface area contributed by atoms with Crippen molar-refractivity contribution in [2.75, 3.05) is 5.32 Å². The molecule has 26 heavy (non-hydrogen) atoms. The summed E-state index contributed by atoms with van der Waals surface area (Å²) >= 11 is 0. The molecule has 4 heterocycles. The first-order valence-corrected chi connectivity index (χ1v) is 8.75. The quantitative estimate of drug-likeness (QED) is 0.586. The molecule has 0 aliphatic heterocycles. The summed E-state index contributed by atoms with van der Waals surface area (Å²) in [5, 5.41) is 7.89. The maximum atomic E-state index is 5.83. The van der Waals surface area contributed by atoms with Gasteiger partial charge in [-0.15, -0.1) is 5.10 Å². The second kappa shape index (κ2) is 5.50. The van der Waals surface area contributed by atoms with Gasteiger partial charge < -0.3 is 15.6 Å². The molecular formula is C18H20N8. The van der Waals surface area contributed by atoms with Crippen LogP contribution in [0.5, 0.6) is 0 Å². The molecule has 0 aromatic carbocycles. The summed E-state index contributed by atoms with van der Waals surface area (Å²) in [6.07, 6.45) is 5.70. The minimum atomic E-state index is 0.297. The van der Waals surface area contributed by atoms with Gasteiger partial charge in [0.2, 0.25) is 5.95 Å². The number of nitrogens with one attached hydrogen (secondary N) is 1. The highest BCUT2D eigenvalue weighted by molar-refractivity contribution is 5.82. The minimum Gasteiger partial charge on any atom is -0.350 e. The number of imidazole rings is 1. The number of hydrogen-bond donors (Lipinski definition) is 2. The van der Waals surface area contributed by atoms with Gasteiger partial charge in [0.15, 0.2) is 5.65 Å². The standard InChI is InChI=1S/C18H20N8/c1-10-21-15-4-3-14(23-17(15)25(10)2)13-5-6-26-16(13)9-20-18(24-26)22-12-7-11(19)8-12/h3-6,9,11-12H,7-8,19H2,1-2H3,(H,22,24). The number of fused-ring (bicyclic) bond motifs is 2. The molecule has 8 nitrogen and oxygen atoms in total. The summed E-state index contributed by atoms with van der Waals surface area (Å²) < 4.78 is 3.84. The average Bonchev–Trinajstić information content (AvgIpc) is 3.14. The predicted octanol–water partition coefficient (Wildman–Crippen LogP) is 1.89. The number of aryl methyl sites for hydroxylation is 2. The molecule has 0 spiro atoms. The fourth-order valence-corrected chi connectivity index (χ4v) is 3.47. The zero-order valence-electron chi connectivity index (χ0n) is 14.7. The molecule has 4 aromatic rings. The van der Waals surface area contributed by atoms with Crippen LogP contribution in [0.1, 0.15) is 18.7 Å². The fraction of sp³-hybridized carbons (Fsp3) is 0.333. The van der Waals surface area contributed by atoms with Crippen molar-refractivity contribution in [3.05, 3.63) is 36.4 Å². The number of nitrogens with zero attached hydrogens (tertiary/aromatic N) is 6. The molecule has 132 valence electrons. The summed E-state index contributed by atoms with van der Waals surface area (Å²) in [7, 11) is 1.98. The number of pyridine rings is 1. The second-order valence-electron chi connectivity index (χ2n) is 6.97. The maximum absolute atomic E-state index is 5.83. The van der Waals surface area contributed by atoms with E-state index in [-0.39, 0.29) is 0 Å². The largest absolute Gasteiger partial charge is 0.350 e. The lowest BCUT2D eigenvalue weighted by molar-refractivity contribution is 0.371. The third kappa shape index (κ3) is 2.33. The molecule has 3 N–H and O–H groups in total. The third-order valence-corrected chi connectivity index (χ3v) is 5.14. The molecule has 1 aliphatic rings. The van der Waals surface area contributed by atoms with Gasteiger partial charge in [-0.3, -0.25) is 0 Å². The highest BCUT2D eigenvalue weighted by Crippen LogP contribution is 2.26. The van der Waals surface area contributed by atoms with E-state index in [9.17, 15) is 0 Å². The normalized spacial score (nSPS) is 19.8. The maximum Gasteiger partial charge on any atom is 0.241 e. The van der Waals surface area contributed by atoms with Crippen molar-refractivity contribution in [1.29, 1.82) is 0 Å². The third-order valence-electron chi connectivity index (χ3n) is 5.14. The second-order valence-corrected chi connectivity index (χ2v) is 6.97. The van der Waals surface area contributed by atoms with E-state index in [0.29, 0.717) is 18.0 Å². The van der Waals surface area contributed by atoms with Crippen LogP contribution in [0, 0.1) is 6.92 Å². The molecule has 0 bridgehead atoms. The summed E-state index contributed by atoms with van der Waals surface area (Å²) in [5.41, 5.74) is 10.4. The Morgan fingerprint density at radius 2 is 2.04 bits per heavy atom. The molecule has 0 radical (unpaired) electrons. The molecule has 0 saturated heterocycles. The Kier molecular flexibility index (Phi) is 3.23. The van der Waals surface area contributed by atoms with E-state index in [1.165, 1.54) is 0 Å². The van der Waals surface area contributed by atoms with Crippen LogP contribution in [0.4, 0.5) is 5.95 Å². The SMILES string of the molecule is Cc1nc2ccc(-c3ccn4nc(NC5CC(N)C5)ncc34)nc2n1C. The van der Waals surface area contributed by atoms with Crippen LogP contribution in [0.25, 0.3) is 27.9 Å². The number of rotatable bonds is 3. The smallest absolute Gasteiger partial charge is 0.241 e. The van der Waals surface area contributed by atoms with Crippen LogP contribution in [0.2, 0.25) is 0 Å². The van der Waals surface area contributed by atoms with Gasteiger partial charge in [-0.2, -0.15) is 0 Å². The van der Waals surface area contributed by atoms with E-state index in [2.05, 4.69) is 20.4 Å². The fourth-order valence-electron chi connectivity index (χ4n) is 3.47. The summed E-state index contributed by atoms with van der Waals surface area (Å²) in [6.45, 7) is 1.98. The first kappa shape index (κ1) is 15.3. The van der Waals surface area contributed by atoms with Crippen molar-refractivity contribution in [3.63, 3.8) is 0 Å². The van der Waals surface area contributed by atoms with E-state index >= 15 is 0 Å². The Bertz CT molecular complexity index is 1120. The monoisotopic (exact) mass is 348 g/mol. The van der Waals surface area contributed by atoms with Crippen LogP contribution in [-0.4, -0.2) is 41.2 Å². The van der Waals surface area contributed by atoms with Crippen LogP contribution in [0.15, 0.2) is 30.6 Å². The topological polar surface area (TPSA) is 98.9 Å². The van der Waals surface area contributed by atoms with Crippen LogP contribution < -0.4 is 11.1 Å². The Balaban J connectivity index is 1.52. The van der Waals surface area contributed by atoms with Crippen LogP contribution in [-0.2, 0) is 7.05 Å². The van der Waals surface area contributed by atoms with Crippen molar-refractivity contribution in [3.8, 4) is 11.3 Å². The van der Waals surface area contributed by atoms with E-state index < -0.39 is 0 Å². The molecule has 1 fully saturated rings. The first-order valence-electron chi connectivity index (χ1n) is 8.75. The lowest BCUT2D eigenvalue weighted by Crippen LogP contribution is -2.44. The van der Waals surface area contributed by atoms with Crippen molar-refractivity contribution in [2.24, 2.45) is 12.8 Å². The van der Waals surface area contributed by atoms with Crippen molar-refractivity contribution in [1.82, 2.24) is 29.1 Å².